The summed E-state index contributed by atoms with van der Waals surface area (Å²) in [7, 11) is -9.92. The molecule has 105 heavy (non-hydrogen) atoms. The van der Waals surface area contributed by atoms with Crippen LogP contribution < -0.4 is 0 Å². The van der Waals surface area contributed by atoms with Crippen LogP contribution >= 0.6 is 15.6 Å². The second kappa shape index (κ2) is 80.1. The first-order valence-corrected chi connectivity index (χ1v) is 47.8. The molecule has 0 aliphatic carbocycles. The third kappa shape index (κ3) is 79.9. The molecule has 0 heterocycles. The number of phosphoric ester groups is 2. The van der Waals surface area contributed by atoms with E-state index in [2.05, 4.69) is 27.7 Å². The smallest absolute Gasteiger partial charge is 0.462 e. The zero-order valence-corrected chi connectivity index (χ0v) is 70.5. The van der Waals surface area contributed by atoms with Gasteiger partial charge in [0, 0.05) is 25.7 Å². The number of aliphatic hydroxyl groups excluding tert-OH is 1. The molecule has 0 bridgehead atoms. The second-order valence-electron chi connectivity index (χ2n) is 30.9. The predicted molar refractivity (Wildman–Crippen MR) is 432 cm³/mol. The average molecular weight is 1540 g/mol. The predicted octanol–water partition coefficient (Wildman–Crippen LogP) is 26.5. The number of aliphatic hydroxyl groups is 1. The molecule has 0 saturated heterocycles. The number of ether oxygens (including phenoxy) is 4. The van der Waals surface area contributed by atoms with Gasteiger partial charge in [-0.2, -0.15) is 0 Å². The minimum Gasteiger partial charge on any atom is -0.462 e. The highest BCUT2D eigenvalue weighted by atomic mass is 31.2. The Morgan fingerprint density at radius 2 is 0.381 bits per heavy atom. The van der Waals surface area contributed by atoms with Crippen LogP contribution in [0.5, 0.6) is 0 Å². The van der Waals surface area contributed by atoms with Crippen molar-refractivity contribution in [3.63, 3.8) is 0 Å². The van der Waals surface area contributed by atoms with Gasteiger partial charge in [0.15, 0.2) is 12.2 Å². The topological polar surface area (TPSA) is 237 Å². The van der Waals surface area contributed by atoms with Crippen molar-refractivity contribution in [1.82, 2.24) is 0 Å². The van der Waals surface area contributed by atoms with Gasteiger partial charge in [-0.3, -0.25) is 37.3 Å². The highest BCUT2D eigenvalue weighted by molar-refractivity contribution is 7.47. The molecule has 0 amide bonds. The maximum absolute atomic E-state index is 13.1. The minimum atomic E-state index is -4.96. The molecule has 0 aliphatic rings. The van der Waals surface area contributed by atoms with Gasteiger partial charge in [-0.25, -0.2) is 9.13 Å². The molecule has 0 fully saturated rings. The molecular weight excluding hydrogens is 1370 g/mol. The van der Waals surface area contributed by atoms with E-state index in [9.17, 15) is 43.2 Å². The Balaban J connectivity index is 5.16. The number of rotatable bonds is 87. The Hall–Kier alpha value is -1.94. The quantitative estimate of drug-likeness (QED) is 0.0222. The first-order chi connectivity index (χ1) is 51.2. The first-order valence-electron chi connectivity index (χ1n) is 44.8. The van der Waals surface area contributed by atoms with Crippen LogP contribution in [0.3, 0.4) is 0 Å². The van der Waals surface area contributed by atoms with E-state index >= 15 is 0 Å². The lowest BCUT2D eigenvalue weighted by Crippen LogP contribution is -2.30. The van der Waals surface area contributed by atoms with Crippen LogP contribution in [0.4, 0.5) is 0 Å². The van der Waals surface area contributed by atoms with Crippen molar-refractivity contribution >= 4 is 39.5 Å². The Morgan fingerprint density at radius 1 is 0.229 bits per heavy atom. The minimum absolute atomic E-state index is 0.108. The highest BCUT2D eigenvalue weighted by Gasteiger charge is 2.30. The summed E-state index contributed by atoms with van der Waals surface area (Å²) in [6, 6.07) is 0. The molecule has 0 aliphatic heterocycles. The van der Waals surface area contributed by atoms with Crippen LogP contribution in [-0.2, 0) is 65.4 Å². The number of esters is 4. The summed E-state index contributed by atoms with van der Waals surface area (Å²) < 4.78 is 68.8. The summed E-state index contributed by atoms with van der Waals surface area (Å²) in [6.07, 6.45) is 75.3. The molecule has 2 unspecified atom stereocenters. The third-order valence-corrected chi connectivity index (χ3v) is 22.3. The standard InChI is InChI=1S/C86H168O17P2/c1-5-9-13-17-21-25-28-31-34-36-38-40-42-44-46-48-51-54-57-61-65-69-73-86(91)103-82(77-97-84(89)71-67-63-59-55-52-50-47-45-43-41-39-37-35-32-29-26-22-18-14-10-6-2)79-101-105(94,95)99-75-80(87)74-98-104(92,93)100-78-81(76-96-83(88)70-66-62-58-24-20-16-12-8-4)102-85(90)72-68-64-60-56-53-49-33-30-27-23-19-15-11-7-3/h80-82,87H,5-79H2,1-4H3,(H,92,93)(H,94,95)/t80-,81+,82+/m0/s1. The van der Waals surface area contributed by atoms with Crippen molar-refractivity contribution in [2.75, 3.05) is 39.6 Å². The molecule has 19 heteroatoms. The number of carbonyl (C=O) groups is 4. The van der Waals surface area contributed by atoms with Gasteiger partial charge >= 0.3 is 39.5 Å². The molecule has 0 radical (unpaired) electrons. The second-order valence-corrected chi connectivity index (χ2v) is 33.8. The summed E-state index contributed by atoms with van der Waals surface area (Å²) in [6.45, 7) is 5.02. The van der Waals surface area contributed by atoms with Gasteiger partial charge in [-0.05, 0) is 25.7 Å². The van der Waals surface area contributed by atoms with Gasteiger partial charge in [-0.15, -0.1) is 0 Å². The molecule has 3 N–H and O–H groups in total. The number of carbonyl (C=O) groups excluding carboxylic acids is 4. The summed E-state index contributed by atoms with van der Waals surface area (Å²) in [5.74, 6) is -2.10. The van der Waals surface area contributed by atoms with Gasteiger partial charge in [0.05, 0.1) is 26.4 Å². The Bertz CT molecular complexity index is 1980. The number of phosphoric acid groups is 2. The number of unbranched alkanes of at least 4 members (excludes halogenated alkanes) is 61. The molecule has 624 valence electrons. The van der Waals surface area contributed by atoms with Crippen molar-refractivity contribution in [3.8, 4) is 0 Å². The van der Waals surface area contributed by atoms with Crippen LogP contribution in [-0.4, -0.2) is 96.7 Å². The molecule has 17 nitrogen and oxygen atoms in total. The van der Waals surface area contributed by atoms with Crippen molar-refractivity contribution in [2.45, 2.75) is 489 Å². The molecular formula is C86H168O17P2. The molecule has 0 aromatic heterocycles. The van der Waals surface area contributed by atoms with Gasteiger partial charge in [-0.1, -0.05) is 419 Å². The van der Waals surface area contributed by atoms with Gasteiger partial charge in [0.25, 0.3) is 0 Å². The van der Waals surface area contributed by atoms with E-state index in [0.717, 1.165) is 89.9 Å². The van der Waals surface area contributed by atoms with Crippen molar-refractivity contribution in [1.29, 1.82) is 0 Å². The molecule has 0 saturated carbocycles. The maximum Gasteiger partial charge on any atom is 0.472 e. The normalized spacial score (nSPS) is 13.7. The summed E-state index contributed by atoms with van der Waals surface area (Å²) >= 11 is 0. The highest BCUT2D eigenvalue weighted by Crippen LogP contribution is 2.45. The van der Waals surface area contributed by atoms with E-state index in [1.54, 1.807) is 0 Å². The van der Waals surface area contributed by atoms with E-state index in [1.807, 2.05) is 0 Å². The van der Waals surface area contributed by atoms with Crippen LogP contribution in [0.1, 0.15) is 471 Å². The Kier molecular flexibility index (Phi) is 78.6. The SMILES string of the molecule is CCCCCCCCCCCCCCCCCCCCCCCCC(=O)O[C@H](COC(=O)CCCCCCCCCCCCCCCCCCCCCCC)COP(=O)(O)OC[C@@H](O)COP(=O)(O)OC[C@@H](COC(=O)CCCCCCCCCC)OC(=O)CCCCCCCCCCCCCCCC. The molecule has 5 atom stereocenters. The van der Waals surface area contributed by atoms with E-state index in [4.69, 9.17) is 37.0 Å². The monoisotopic (exact) mass is 1540 g/mol. The lowest BCUT2D eigenvalue weighted by molar-refractivity contribution is -0.161. The summed E-state index contributed by atoms with van der Waals surface area (Å²) in [5, 5.41) is 10.7. The average Bonchev–Trinajstić information content (AvgIpc) is 0.905. The number of hydrogen-bond acceptors (Lipinski definition) is 15. The van der Waals surface area contributed by atoms with E-state index in [1.165, 1.54) is 302 Å². The Labute approximate surface area is 645 Å². The zero-order chi connectivity index (χ0) is 76.7. The maximum atomic E-state index is 13.1. The fourth-order valence-electron chi connectivity index (χ4n) is 13.5. The molecule has 0 aromatic rings. The van der Waals surface area contributed by atoms with Gasteiger partial charge < -0.3 is 33.8 Å². The Morgan fingerprint density at radius 3 is 0.562 bits per heavy atom. The number of hydrogen-bond donors (Lipinski definition) is 3. The van der Waals surface area contributed by atoms with Crippen molar-refractivity contribution < 1.29 is 80.2 Å². The largest absolute Gasteiger partial charge is 0.472 e. The molecule has 0 rings (SSSR count). The third-order valence-electron chi connectivity index (χ3n) is 20.4. The fourth-order valence-corrected chi connectivity index (χ4v) is 15.1. The lowest BCUT2D eigenvalue weighted by Gasteiger charge is -2.21. The molecule has 0 spiro atoms. The van der Waals surface area contributed by atoms with E-state index in [0.29, 0.717) is 25.7 Å². The van der Waals surface area contributed by atoms with Crippen molar-refractivity contribution in [2.24, 2.45) is 0 Å². The zero-order valence-electron chi connectivity index (χ0n) is 68.7. The van der Waals surface area contributed by atoms with Gasteiger partial charge in [0.1, 0.15) is 19.3 Å². The lowest BCUT2D eigenvalue weighted by atomic mass is 10.0. The van der Waals surface area contributed by atoms with Crippen LogP contribution in [0.2, 0.25) is 0 Å². The van der Waals surface area contributed by atoms with Crippen LogP contribution in [0, 0.1) is 0 Å². The van der Waals surface area contributed by atoms with E-state index < -0.39 is 97.5 Å². The summed E-state index contributed by atoms with van der Waals surface area (Å²) in [5.41, 5.74) is 0. The van der Waals surface area contributed by atoms with Crippen LogP contribution in [0.25, 0.3) is 0 Å². The summed E-state index contributed by atoms with van der Waals surface area (Å²) in [4.78, 5) is 73.1. The first kappa shape index (κ1) is 103. The van der Waals surface area contributed by atoms with Gasteiger partial charge in [0.2, 0.25) is 0 Å². The van der Waals surface area contributed by atoms with Crippen LogP contribution in [0.15, 0.2) is 0 Å². The molecule has 0 aromatic carbocycles. The van der Waals surface area contributed by atoms with E-state index in [-0.39, 0.29) is 25.7 Å². The van der Waals surface area contributed by atoms with Crippen molar-refractivity contribution in [3.05, 3.63) is 0 Å². The fraction of sp³-hybridized carbons (Fsp3) is 0.953.